The van der Waals surface area contributed by atoms with Crippen molar-refractivity contribution < 1.29 is 17.2 Å². The maximum Gasteiger partial charge on any atom is 0.263 e. The average Bonchev–Trinajstić information content (AvgIpc) is 2.37. The molecule has 112 valence electrons. The molecule has 2 rings (SSSR count). The lowest BCUT2D eigenvalue weighted by molar-refractivity contribution is 0.600. The van der Waals surface area contributed by atoms with Crippen LogP contribution in [0.25, 0.3) is 0 Å². The van der Waals surface area contributed by atoms with E-state index in [1.165, 1.54) is 6.07 Å². The number of nitrogen functional groups attached to an aromatic ring is 1. The minimum Gasteiger partial charge on any atom is -0.396 e. The molecule has 0 spiro atoms. The second-order valence-corrected chi connectivity index (χ2v) is 6.50. The monoisotopic (exact) mass is 352 g/mol. The fraction of sp³-hybridized carbons (Fsp3) is 0. The molecule has 0 aliphatic heterocycles. The smallest absolute Gasteiger partial charge is 0.263 e. The summed E-state index contributed by atoms with van der Waals surface area (Å²) in [5.74, 6) is -1.52. The van der Waals surface area contributed by atoms with Crippen LogP contribution in [0.5, 0.6) is 0 Å². The Kier molecular flexibility index (Phi) is 4.27. The molecule has 0 aliphatic carbocycles. The SMILES string of the molecule is Nc1cc(S(=O)(=O)Nc2ccc(F)c(Cl)c2)c(Cl)cc1F. The zero-order valence-corrected chi connectivity index (χ0v) is 12.5. The summed E-state index contributed by atoms with van der Waals surface area (Å²) < 4.78 is 52.7. The average molecular weight is 353 g/mol. The van der Waals surface area contributed by atoms with E-state index in [1.54, 1.807) is 0 Å². The van der Waals surface area contributed by atoms with Crippen molar-refractivity contribution in [1.29, 1.82) is 0 Å². The van der Waals surface area contributed by atoms with Crippen molar-refractivity contribution in [3.8, 4) is 0 Å². The first kappa shape index (κ1) is 15.8. The zero-order chi connectivity index (χ0) is 15.8. The van der Waals surface area contributed by atoms with Crippen LogP contribution in [0.3, 0.4) is 0 Å². The number of benzene rings is 2. The molecular formula is C12H8Cl2F2N2O2S. The molecule has 2 aromatic carbocycles. The minimum absolute atomic E-state index is 0.0281. The summed E-state index contributed by atoms with van der Waals surface area (Å²) in [7, 11) is -4.12. The second-order valence-electron chi connectivity index (χ2n) is 4.04. The molecule has 0 fully saturated rings. The van der Waals surface area contributed by atoms with E-state index < -0.39 is 26.6 Å². The third-order valence-electron chi connectivity index (χ3n) is 2.51. The van der Waals surface area contributed by atoms with Gasteiger partial charge >= 0.3 is 0 Å². The lowest BCUT2D eigenvalue weighted by Crippen LogP contribution is -2.14. The van der Waals surface area contributed by atoms with Gasteiger partial charge in [0.25, 0.3) is 10.0 Å². The predicted molar refractivity (Wildman–Crippen MR) is 78.0 cm³/mol. The molecule has 2 aromatic rings. The van der Waals surface area contributed by atoms with Crippen molar-refractivity contribution in [2.24, 2.45) is 0 Å². The highest BCUT2D eigenvalue weighted by Gasteiger charge is 2.20. The van der Waals surface area contributed by atoms with Gasteiger partial charge in [-0.05, 0) is 30.3 Å². The first-order valence-electron chi connectivity index (χ1n) is 5.43. The van der Waals surface area contributed by atoms with Crippen molar-refractivity contribution >= 4 is 44.6 Å². The molecule has 4 nitrogen and oxygen atoms in total. The minimum atomic E-state index is -4.12. The second kappa shape index (κ2) is 5.67. The molecule has 0 radical (unpaired) electrons. The first-order chi connectivity index (χ1) is 9.70. The Morgan fingerprint density at radius 2 is 1.67 bits per heavy atom. The van der Waals surface area contributed by atoms with Gasteiger partial charge in [0.2, 0.25) is 0 Å². The number of rotatable bonds is 3. The maximum absolute atomic E-state index is 13.2. The number of nitrogens with two attached hydrogens (primary N) is 1. The van der Waals surface area contributed by atoms with E-state index in [0.29, 0.717) is 0 Å². The summed E-state index contributed by atoms with van der Waals surface area (Å²) in [6, 6.07) is 4.96. The number of sulfonamides is 1. The van der Waals surface area contributed by atoms with Gasteiger partial charge in [0, 0.05) is 0 Å². The Bertz CT molecular complexity index is 813. The Morgan fingerprint density at radius 1 is 1.00 bits per heavy atom. The Balaban J connectivity index is 2.43. The zero-order valence-electron chi connectivity index (χ0n) is 10.2. The highest BCUT2D eigenvalue weighted by molar-refractivity contribution is 7.92. The molecule has 0 bridgehead atoms. The van der Waals surface area contributed by atoms with Gasteiger partial charge in [0.05, 0.1) is 21.4 Å². The van der Waals surface area contributed by atoms with Crippen LogP contribution in [0.2, 0.25) is 10.0 Å². The topological polar surface area (TPSA) is 72.2 Å². The molecule has 3 N–H and O–H groups in total. The van der Waals surface area contributed by atoms with Crippen LogP contribution in [0, 0.1) is 11.6 Å². The van der Waals surface area contributed by atoms with Gasteiger partial charge < -0.3 is 5.73 Å². The predicted octanol–water partition coefficient (Wildman–Crippen LogP) is 3.65. The van der Waals surface area contributed by atoms with Gasteiger partial charge in [-0.15, -0.1) is 0 Å². The van der Waals surface area contributed by atoms with Crippen molar-refractivity contribution in [3.63, 3.8) is 0 Å². The van der Waals surface area contributed by atoms with E-state index in [-0.39, 0.29) is 21.4 Å². The number of nitrogens with one attached hydrogen (secondary N) is 1. The van der Waals surface area contributed by atoms with Crippen LogP contribution in [0.15, 0.2) is 35.2 Å². The van der Waals surface area contributed by atoms with Gasteiger partial charge in [-0.2, -0.15) is 0 Å². The number of anilines is 2. The summed E-state index contributed by atoms with van der Waals surface area (Å²) in [5.41, 5.74) is 4.99. The van der Waals surface area contributed by atoms with Crippen LogP contribution in [-0.2, 0) is 10.0 Å². The molecule has 0 aromatic heterocycles. The first-order valence-corrected chi connectivity index (χ1v) is 7.67. The standard InChI is InChI=1S/C12H8Cl2F2N2O2S/c13-7-3-6(1-2-9(7)15)18-21(19,20)12-5-11(17)10(16)4-8(12)14/h1-5,18H,17H2. The highest BCUT2D eigenvalue weighted by Crippen LogP contribution is 2.28. The van der Waals surface area contributed by atoms with Crippen LogP contribution < -0.4 is 10.5 Å². The number of hydrogen-bond donors (Lipinski definition) is 2. The van der Waals surface area contributed by atoms with Crippen LogP contribution >= 0.6 is 23.2 Å². The van der Waals surface area contributed by atoms with Gasteiger partial charge in [-0.1, -0.05) is 23.2 Å². The fourth-order valence-electron chi connectivity index (χ4n) is 1.52. The molecule has 0 atom stereocenters. The highest BCUT2D eigenvalue weighted by atomic mass is 35.5. The molecule has 0 heterocycles. The summed E-state index contributed by atoms with van der Waals surface area (Å²) >= 11 is 11.3. The third-order valence-corrected chi connectivity index (χ3v) is 4.65. The van der Waals surface area contributed by atoms with Crippen molar-refractivity contribution in [3.05, 3.63) is 52.0 Å². The van der Waals surface area contributed by atoms with E-state index in [4.69, 9.17) is 28.9 Å². The summed E-state index contributed by atoms with van der Waals surface area (Å²) in [6.45, 7) is 0. The molecule has 9 heteroatoms. The quantitative estimate of drug-likeness (QED) is 0.828. The van der Waals surface area contributed by atoms with E-state index >= 15 is 0 Å². The normalized spacial score (nSPS) is 11.4. The molecule has 0 saturated heterocycles. The maximum atomic E-state index is 13.2. The van der Waals surface area contributed by atoms with Crippen LogP contribution in [0.1, 0.15) is 0 Å². The number of halogens is 4. The van der Waals surface area contributed by atoms with Gasteiger partial charge in [0.15, 0.2) is 0 Å². The summed E-state index contributed by atoms with van der Waals surface area (Å²) in [6.07, 6.45) is 0. The Labute approximate surface area is 129 Å². The lowest BCUT2D eigenvalue weighted by atomic mass is 10.3. The number of hydrogen-bond acceptors (Lipinski definition) is 3. The third kappa shape index (κ3) is 3.37. The molecule has 0 unspecified atom stereocenters. The summed E-state index contributed by atoms with van der Waals surface area (Å²) in [5, 5.41) is -0.581. The Hall–Kier alpha value is -1.57. The van der Waals surface area contributed by atoms with Gasteiger partial charge in [0.1, 0.15) is 16.5 Å². The summed E-state index contributed by atoms with van der Waals surface area (Å²) in [4.78, 5) is -0.400. The molecule has 21 heavy (non-hydrogen) atoms. The van der Waals surface area contributed by atoms with E-state index in [0.717, 1.165) is 24.3 Å². The molecular weight excluding hydrogens is 345 g/mol. The van der Waals surface area contributed by atoms with Crippen molar-refractivity contribution in [1.82, 2.24) is 0 Å². The fourth-order valence-corrected chi connectivity index (χ4v) is 3.30. The van der Waals surface area contributed by atoms with E-state index in [9.17, 15) is 17.2 Å². The van der Waals surface area contributed by atoms with Crippen LogP contribution in [-0.4, -0.2) is 8.42 Å². The lowest BCUT2D eigenvalue weighted by Gasteiger charge is -2.11. The van der Waals surface area contributed by atoms with Gasteiger partial charge in [-0.25, -0.2) is 17.2 Å². The van der Waals surface area contributed by atoms with Gasteiger partial charge in [-0.3, -0.25) is 4.72 Å². The molecule has 0 aliphatic rings. The molecule has 0 amide bonds. The van der Waals surface area contributed by atoms with E-state index in [1.807, 2.05) is 0 Å². The van der Waals surface area contributed by atoms with Crippen molar-refractivity contribution in [2.45, 2.75) is 4.90 Å². The van der Waals surface area contributed by atoms with E-state index in [2.05, 4.69) is 4.72 Å². The molecule has 0 saturated carbocycles. The van der Waals surface area contributed by atoms with Crippen molar-refractivity contribution in [2.75, 3.05) is 10.5 Å². The van der Waals surface area contributed by atoms with Crippen LogP contribution in [0.4, 0.5) is 20.2 Å². The largest absolute Gasteiger partial charge is 0.396 e. The Morgan fingerprint density at radius 3 is 2.29 bits per heavy atom.